The summed E-state index contributed by atoms with van der Waals surface area (Å²) in [6.07, 6.45) is 7.12. The van der Waals surface area contributed by atoms with Crippen LogP contribution in [-0.2, 0) is 23.7 Å². The number of hydrazine groups is 1. The highest BCUT2D eigenvalue weighted by atomic mass is 16.1. The summed E-state index contributed by atoms with van der Waals surface area (Å²) in [5.74, 6) is 0.810. The van der Waals surface area contributed by atoms with E-state index in [1.54, 1.807) is 23.0 Å². The van der Waals surface area contributed by atoms with Crippen LogP contribution in [0.5, 0.6) is 0 Å². The van der Waals surface area contributed by atoms with Gasteiger partial charge in [0.15, 0.2) is 5.78 Å². The number of aryl methyl sites for hydroxylation is 1. The molecular formula is C19H21N9O. The molecule has 0 amide bonds. The maximum atomic E-state index is 12.3. The van der Waals surface area contributed by atoms with Crippen LogP contribution in [0, 0.1) is 17.2 Å². The van der Waals surface area contributed by atoms with E-state index in [1.165, 1.54) is 0 Å². The van der Waals surface area contributed by atoms with E-state index in [0.717, 1.165) is 35.6 Å². The summed E-state index contributed by atoms with van der Waals surface area (Å²) >= 11 is 0. The van der Waals surface area contributed by atoms with Crippen molar-refractivity contribution >= 4 is 5.78 Å². The van der Waals surface area contributed by atoms with Gasteiger partial charge in [0.2, 0.25) is 6.29 Å². The standard InChI is InChI=1S/C19H21N9O/c1-19-7-11(8-20)15(29)6-13(19)4-5-14-16(19)22-17(12-9-21-26(2)10-12)28(14)18-23-25-27(3)24-18/h7,9-10,13,18,24H,4-6H2,1-3H3. The molecule has 1 N–H and O–H groups in total. The summed E-state index contributed by atoms with van der Waals surface area (Å²) in [7, 11) is 3.66. The summed E-state index contributed by atoms with van der Waals surface area (Å²) in [6, 6.07) is 2.07. The van der Waals surface area contributed by atoms with E-state index >= 15 is 0 Å². The summed E-state index contributed by atoms with van der Waals surface area (Å²) < 4.78 is 3.80. The van der Waals surface area contributed by atoms with Gasteiger partial charge in [-0.25, -0.2) is 10.1 Å². The number of aromatic nitrogens is 4. The minimum Gasteiger partial charge on any atom is -0.293 e. The number of nitrogens with zero attached hydrogens (tertiary/aromatic N) is 8. The predicted octanol–water partition coefficient (Wildman–Crippen LogP) is 1.80. The number of imidazole rings is 1. The number of fused-ring (bicyclic) bond motifs is 3. The molecule has 29 heavy (non-hydrogen) atoms. The third-order valence-corrected chi connectivity index (χ3v) is 6.20. The van der Waals surface area contributed by atoms with Crippen molar-refractivity contribution in [3.63, 3.8) is 0 Å². The molecule has 0 bridgehead atoms. The summed E-state index contributed by atoms with van der Waals surface area (Å²) in [4.78, 5) is 17.3. The lowest BCUT2D eigenvalue weighted by Crippen LogP contribution is -2.41. The Labute approximate surface area is 167 Å². The van der Waals surface area contributed by atoms with Crippen LogP contribution in [0.2, 0.25) is 0 Å². The molecule has 0 saturated carbocycles. The van der Waals surface area contributed by atoms with Crippen molar-refractivity contribution in [1.29, 1.82) is 5.26 Å². The number of Topliss-reactive ketones (excluding diaryl/α,β-unsaturated/α-hetero) is 1. The first kappa shape index (κ1) is 17.8. The molecule has 3 atom stereocenters. The first-order chi connectivity index (χ1) is 13.9. The molecule has 0 spiro atoms. The van der Waals surface area contributed by atoms with E-state index in [9.17, 15) is 10.1 Å². The molecule has 10 nitrogen and oxygen atoms in total. The Morgan fingerprint density at radius 1 is 1.38 bits per heavy atom. The molecule has 10 heteroatoms. The summed E-state index contributed by atoms with van der Waals surface area (Å²) in [5.41, 5.74) is 5.80. The van der Waals surface area contributed by atoms with Crippen LogP contribution in [0.1, 0.15) is 37.4 Å². The van der Waals surface area contributed by atoms with Gasteiger partial charge in [-0.2, -0.15) is 15.8 Å². The Kier molecular flexibility index (Phi) is 3.73. The third kappa shape index (κ3) is 2.54. The number of allylic oxidation sites excluding steroid dienone is 2. The van der Waals surface area contributed by atoms with Gasteiger partial charge in [-0.1, -0.05) is 18.2 Å². The fourth-order valence-corrected chi connectivity index (χ4v) is 4.71. The third-order valence-electron chi connectivity index (χ3n) is 6.20. The van der Waals surface area contributed by atoms with E-state index in [0.29, 0.717) is 6.42 Å². The van der Waals surface area contributed by atoms with Crippen molar-refractivity contribution in [3.8, 4) is 17.5 Å². The van der Waals surface area contributed by atoms with Crippen LogP contribution in [0.25, 0.3) is 11.4 Å². The second-order valence-corrected chi connectivity index (χ2v) is 8.05. The number of nitrogens with one attached hydrogen (secondary N) is 1. The highest BCUT2D eigenvalue weighted by Crippen LogP contribution is 2.48. The van der Waals surface area contributed by atoms with Crippen molar-refractivity contribution < 1.29 is 4.79 Å². The molecule has 3 unspecified atom stereocenters. The molecule has 2 aromatic heterocycles. The van der Waals surface area contributed by atoms with Crippen LogP contribution >= 0.6 is 0 Å². The van der Waals surface area contributed by atoms with E-state index in [-0.39, 0.29) is 17.3 Å². The number of carbonyl (C=O) groups is 1. The van der Waals surface area contributed by atoms with Crippen molar-refractivity contribution in [2.75, 3.05) is 7.05 Å². The largest absolute Gasteiger partial charge is 0.293 e. The number of rotatable bonds is 2. The van der Waals surface area contributed by atoms with Gasteiger partial charge in [0.05, 0.1) is 23.0 Å². The zero-order chi connectivity index (χ0) is 20.3. The van der Waals surface area contributed by atoms with Crippen molar-refractivity contribution in [2.45, 2.75) is 37.9 Å². The molecule has 0 saturated heterocycles. The Hall–Kier alpha value is -3.32. The van der Waals surface area contributed by atoms with Crippen molar-refractivity contribution in [2.24, 2.45) is 23.3 Å². The maximum absolute atomic E-state index is 12.3. The quantitative estimate of drug-likeness (QED) is 0.834. The topological polar surface area (TPSA) is 116 Å². The highest BCUT2D eigenvalue weighted by Gasteiger charge is 2.47. The number of nitriles is 1. The molecule has 0 fully saturated rings. The summed E-state index contributed by atoms with van der Waals surface area (Å²) in [5, 5.41) is 23.7. The van der Waals surface area contributed by atoms with Crippen LogP contribution in [0.3, 0.4) is 0 Å². The predicted molar refractivity (Wildman–Crippen MR) is 102 cm³/mol. The lowest BCUT2D eigenvalue weighted by atomic mass is 9.62. The number of hydrogen-bond acceptors (Lipinski definition) is 8. The molecule has 2 aromatic rings. The van der Waals surface area contributed by atoms with Gasteiger partial charge in [0.25, 0.3) is 0 Å². The molecule has 5 rings (SSSR count). The van der Waals surface area contributed by atoms with Gasteiger partial charge >= 0.3 is 0 Å². The zero-order valence-corrected chi connectivity index (χ0v) is 16.5. The first-order valence-corrected chi connectivity index (χ1v) is 9.58. The molecule has 3 aliphatic rings. The van der Waals surface area contributed by atoms with Gasteiger partial charge in [-0.3, -0.25) is 14.0 Å². The van der Waals surface area contributed by atoms with Gasteiger partial charge in [0, 0.05) is 37.8 Å². The average molecular weight is 391 g/mol. The minimum atomic E-state index is -0.476. The van der Waals surface area contributed by atoms with E-state index < -0.39 is 11.7 Å². The van der Waals surface area contributed by atoms with E-state index in [4.69, 9.17) is 4.98 Å². The fraction of sp³-hybridized carbons (Fsp3) is 0.474. The Morgan fingerprint density at radius 3 is 2.86 bits per heavy atom. The number of ketones is 1. The average Bonchev–Trinajstić information content (AvgIpc) is 3.40. The van der Waals surface area contributed by atoms with Crippen molar-refractivity contribution in [1.82, 2.24) is 29.9 Å². The molecule has 2 aliphatic carbocycles. The molecular weight excluding hydrogens is 370 g/mol. The molecule has 0 radical (unpaired) electrons. The zero-order valence-electron chi connectivity index (χ0n) is 16.5. The van der Waals surface area contributed by atoms with E-state index in [2.05, 4.69) is 38.4 Å². The van der Waals surface area contributed by atoms with Crippen LogP contribution < -0.4 is 5.43 Å². The van der Waals surface area contributed by atoms with Crippen molar-refractivity contribution in [3.05, 3.63) is 35.4 Å². The first-order valence-electron chi connectivity index (χ1n) is 9.58. The number of hydrogen-bond donors (Lipinski definition) is 1. The van der Waals surface area contributed by atoms with Crippen LogP contribution in [0.4, 0.5) is 0 Å². The number of carbonyl (C=O) groups excluding carboxylic acids is 1. The second-order valence-electron chi connectivity index (χ2n) is 8.05. The molecule has 3 heterocycles. The smallest absolute Gasteiger partial charge is 0.221 e. The Balaban J connectivity index is 1.73. The molecule has 0 aromatic carbocycles. The molecule has 148 valence electrons. The minimum absolute atomic E-state index is 0.0711. The molecule has 1 aliphatic heterocycles. The van der Waals surface area contributed by atoms with E-state index in [1.807, 2.05) is 19.3 Å². The second kappa shape index (κ2) is 6.09. The Morgan fingerprint density at radius 2 is 2.21 bits per heavy atom. The lowest BCUT2D eigenvalue weighted by molar-refractivity contribution is -0.117. The van der Waals surface area contributed by atoms with Gasteiger partial charge in [0.1, 0.15) is 11.9 Å². The fourth-order valence-electron chi connectivity index (χ4n) is 4.71. The Bertz CT molecular complexity index is 1120. The van der Waals surface area contributed by atoms with Gasteiger partial charge in [-0.05, 0) is 18.8 Å². The van der Waals surface area contributed by atoms with Crippen LogP contribution in [0.15, 0.2) is 34.4 Å². The maximum Gasteiger partial charge on any atom is 0.221 e. The van der Waals surface area contributed by atoms with Gasteiger partial charge in [-0.15, -0.1) is 5.11 Å². The highest BCUT2D eigenvalue weighted by molar-refractivity contribution is 6.00. The summed E-state index contributed by atoms with van der Waals surface area (Å²) in [6.45, 7) is 2.08. The lowest BCUT2D eigenvalue weighted by Gasteiger charge is -2.41. The van der Waals surface area contributed by atoms with Crippen LogP contribution in [-0.4, -0.2) is 37.3 Å². The normalized spacial score (nSPS) is 28.1. The monoisotopic (exact) mass is 391 g/mol. The van der Waals surface area contributed by atoms with Gasteiger partial charge < -0.3 is 0 Å². The SMILES string of the molecule is CN1N=NC(n2c(-c3cnn(C)c3)nc3c2CCC2CC(=O)C(C#N)=CC32C)N1.